The van der Waals surface area contributed by atoms with E-state index in [1.54, 1.807) is 50.2 Å². The molecule has 4 aromatic rings. The van der Waals surface area contributed by atoms with Crippen LogP contribution < -0.4 is 36.1 Å². The van der Waals surface area contributed by atoms with E-state index in [-0.39, 0.29) is 36.7 Å². The summed E-state index contributed by atoms with van der Waals surface area (Å²) in [6.07, 6.45) is -3.14. The van der Waals surface area contributed by atoms with Crippen molar-refractivity contribution in [2.75, 3.05) is 42.8 Å². The number of nitrogens with one attached hydrogen (secondary N) is 5. The lowest BCUT2D eigenvalue weighted by molar-refractivity contribution is -0.154. The monoisotopic (exact) mass is 741 g/mol. The maximum absolute atomic E-state index is 12.9. The summed E-state index contributed by atoms with van der Waals surface area (Å²) in [5.74, 6) is -1.84. The minimum atomic E-state index is -4.61. The first-order chi connectivity index (χ1) is 24.6. The van der Waals surface area contributed by atoms with Gasteiger partial charge in [-0.25, -0.2) is 0 Å². The molecule has 2 aromatic heterocycles. The number of halogens is 4. The maximum atomic E-state index is 12.9. The van der Waals surface area contributed by atoms with Crippen LogP contribution in [0, 0.1) is 5.41 Å². The molecule has 0 spiro atoms. The number of hydrogen-bond donors (Lipinski definition) is 5. The van der Waals surface area contributed by atoms with Crippen LogP contribution in [0.25, 0.3) is 0 Å². The third-order valence-corrected chi connectivity index (χ3v) is 7.97. The number of carbonyl (C=O) groups is 3. The van der Waals surface area contributed by atoms with Gasteiger partial charge in [-0.05, 0) is 66.3 Å². The number of hydrogen-bond acceptors (Lipinski definition) is 11. The van der Waals surface area contributed by atoms with E-state index in [1.807, 2.05) is 12.1 Å². The van der Waals surface area contributed by atoms with Crippen LogP contribution in [0.1, 0.15) is 42.6 Å². The lowest BCUT2D eigenvalue weighted by Crippen LogP contribution is -2.45. The Morgan fingerprint density at radius 1 is 0.846 bits per heavy atom. The molecule has 0 bridgehead atoms. The van der Waals surface area contributed by atoms with Crippen LogP contribution in [0.3, 0.4) is 0 Å². The lowest BCUT2D eigenvalue weighted by atomic mass is 9.93. The van der Waals surface area contributed by atoms with Gasteiger partial charge in [-0.3, -0.25) is 14.4 Å². The Bertz CT molecular complexity index is 1910. The average Bonchev–Trinajstić information content (AvgIpc) is 3.89. The van der Waals surface area contributed by atoms with Gasteiger partial charge in [-0.1, -0.05) is 43.6 Å². The molecule has 5 N–H and O–H groups in total. The summed E-state index contributed by atoms with van der Waals surface area (Å²) >= 11 is 6.03. The van der Waals surface area contributed by atoms with Gasteiger partial charge in [0.2, 0.25) is 17.8 Å². The highest BCUT2D eigenvalue weighted by molar-refractivity contribution is 6.39. The van der Waals surface area contributed by atoms with E-state index >= 15 is 0 Å². The molecule has 274 valence electrons. The largest absolute Gasteiger partial charge is 0.481 e. The van der Waals surface area contributed by atoms with Gasteiger partial charge in [0.05, 0.1) is 12.6 Å². The first kappa shape index (κ1) is 37.5. The Labute approximate surface area is 301 Å². The molecular formula is C34H35ClF3N9O5. The zero-order chi connectivity index (χ0) is 37.5. The van der Waals surface area contributed by atoms with Gasteiger partial charge in [0.1, 0.15) is 5.82 Å². The Morgan fingerprint density at radius 2 is 1.52 bits per heavy atom. The number of anilines is 4. The van der Waals surface area contributed by atoms with Crippen molar-refractivity contribution in [1.29, 1.82) is 0 Å². The summed E-state index contributed by atoms with van der Waals surface area (Å²) in [5, 5.41) is 14.4. The second kappa shape index (κ2) is 15.7. The van der Waals surface area contributed by atoms with Crippen LogP contribution in [0.5, 0.6) is 11.9 Å². The predicted molar refractivity (Wildman–Crippen MR) is 186 cm³/mol. The number of aromatic nitrogens is 4. The molecule has 0 aliphatic heterocycles. The summed E-state index contributed by atoms with van der Waals surface area (Å²) in [7, 11) is 1.43. The topological polar surface area (TPSA) is 181 Å². The Kier molecular flexibility index (Phi) is 11.3. The molecule has 5 rings (SSSR count). The van der Waals surface area contributed by atoms with Gasteiger partial charge < -0.3 is 36.1 Å². The van der Waals surface area contributed by atoms with E-state index in [1.165, 1.54) is 25.3 Å². The van der Waals surface area contributed by atoms with Crippen LogP contribution in [0.4, 0.5) is 36.6 Å². The van der Waals surface area contributed by atoms with E-state index in [4.69, 9.17) is 21.1 Å². The van der Waals surface area contributed by atoms with Crippen LogP contribution in [0.15, 0.2) is 66.7 Å². The molecular weight excluding hydrogens is 707 g/mol. The number of rotatable bonds is 14. The summed E-state index contributed by atoms with van der Waals surface area (Å²) in [6.45, 7) is 2.24. The van der Waals surface area contributed by atoms with Crippen LogP contribution in [-0.4, -0.2) is 70.6 Å². The number of carbonyl (C=O) groups excluding carboxylic acids is 3. The van der Waals surface area contributed by atoms with Gasteiger partial charge in [0.25, 0.3) is 5.91 Å². The summed E-state index contributed by atoms with van der Waals surface area (Å²) < 4.78 is 48.6. The fraction of sp³-hybridized carbons (Fsp3) is 0.324. The zero-order valence-corrected chi connectivity index (χ0v) is 29.0. The first-order valence-electron chi connectivity index (χ1n) is 15.9. The molecule has 1 aliphatic carbocycles. The minimum Gasteiger partial charge on any atom is -0.481 e. The van der Waals surface area contributed by atoms with Crippen LogP contribution in [0.2, 0.25) is 5.02 Å². The van der Waals surface area contributed by atoms with Crippen molar-refractivity contribution in [1.82, 2.24) is 30.6 Å². The van der Waals surface area contributed by atoms with Crippen LogP contribution >= 0.6 is 11.6 Å². The van der Waals surface area contributed by atoms with Crippen molar-refractivity contribution in [2.24, 2.45) is 5.41 Å². The van der Waals surface area contributed by atoms with Gasteiger partial charge in [-0.2, -0.15) is 33.1 Å². The number of benzene rings is 2. The SMILES string of the molecule is COc1cccc(NC(=O)C(=O)NCC(C)(C)CNC(=O)c2ccc(Nc3nc(NC4(c5ccc(Cl)cc5)CC4)nc(OCC(F)(F)F)n3)cc2)n1. The highest BCUT2D eigenvalue weighted by atomic mass is 35.5. The second-order valence-electron chi connectivity index (χ2n) is 12.6. The summed E-state index contributed by atoms with van der Waals surface area (Å²) in [5.41, 5.74) is 0.492. The second-order valence-corrected chi connectivity index (χ2v) is 13.1. The third kappa shape index (κ3) is 10.6. The number of amides is 3. The first-order valence-corrected chi connectivity index (χ1v) is 16.3. The average molecular weight is 742 g/mol. The quantitative estimate of drug-likeness (QED) is 0.107. The maximum Gasteiger partial charge on any atom is 0.422 e. The Hall–Kier alpha value is -5.71. The fourth-order valence-electron chi connectivity index (χ4n) is 4.76. The molecule has 1 saturated carbocycles. The summed E-state index contributed by atoms with van der Waals surface area (Å²) in [4.78, 5) is 54.0. The van der Waals surface area contributed by atoms with Gasteiger partial charge in [0.15, 0.2) is 6.61 Å². The minimum absolute atomic E-state index is 0.00595. The zero-order valence-electron chi connectivity index (χ0n) is 28.2. The van der Waals surface area contributed by atoms with Gasteiger partial charge in [-0.15, -0.1) is 0 Å². The molecule has 3 amide bonds. The van der Waals surface area contributed by atoms with E-state index in [2.05, 4.69) is 46.5 Å². The molecule has 14 nitrogen and oxygen atoms in total. The molecule has 0 unspecified atom stereocenters. The molecule has 0 radical (unpaired) electrons. The van der Waals surface area contributed by atoms with Crippen molar-refractivity contribution in [3.8, 4) is 11.9 Å². The fourth-order valence-corrected chi connectivity index (χ4v) is 4.89. The van der Waals surface area contributed by atoms with E-state index < -0.39 is 47.5 Å². The molecule has 1 aliphatic rings. The normalized spacial score (nSPS) is 13.4. The van der Waals surface area contributed by atoms with Crippen LogP contribution in [-0.2, 0) is 15.1 Å². The Balaban J connectivity index is 1.17. The molecule has 52 heavy (non-hydrogen) atoms. The third-order valence-electron chi connectivity index (χ3n) is 7.72. The number of methoxy groups -OCH3 is 1. The molecule has 18 heteroatoms. The predicted octanol–water partition coefficient (Wildman–Crippen LogP) is 5.23. The number of ether oxygens (including phenoxy) is 2. The number of nitrogens with zero attached hydrogens (tertiary/aromatic N) is 4. The van der Waals surface area contributed by atoms with Crippen molar-refractivity contribution in [3.63, 3.8) is 0 Å². The smallest absolute Gasteiger partial charge is 0.422 e. The molecule has 0 saturated heterocycles. The van der Waals surface area contributed by atoms with E-state index in [0.29, 0.717) is 16.3 Å². The molecule has 2 aromatic carbocycles. The van der Waals surface area contributed by atoms with Crippen molar-refractivity contribution in [3.05, 3.63) is 82.9 Å². The standard InChI is InChI=1S/C34H35ClF3N9O5/c1-32(2,18-40-27(49)28(50)43-24-5-4-6-25(42-24)51-3)17-39-26(48)20-7-13-23(14-8-20)41-29-44-30(46-31(45-29)52-19-34(36,37)38)47-33(15-16-33)21-9-11-22(35)12-10-21/h4-14H,15-19H2,1-3H3,(H,39,48)(H,40,49)(H,42,43,50)(H2,41,44,45,46,47). The lowest BCUT2D eigenvalue weighted by Gasteiger charge is -2.25. The highest BCUT2D eigenvalue weighted by Gasteiger charge is 2.45. The molecule has 0 atom stereocenters. The highest BCUT2D eigenvalue weighted by Crippen LogP contribution is 2.48. The van der Waals surface area contributed by atoms with Gasteiger partial charge >= 0.3 is 24.0 Å². The van der Waals surface area contributed by atoms with Crippen molar-refractivity contribution >= 4 is 52.7 Å². The van der Waals surface area contributed by atoms with Crippen molar-refractivity contribution in [2.45, 2.75) is 38.4 Å². The number of alkyl halides is 3. The van der Waals surface area contributed by atoms with Gasteiger partial charge in [0, 0.05) is 35.4 Å². The molecule has 1 fully saturated rings. The van der Waals surface area contributed by atoms with E-state index in [9.17, 15) is 27.6 Å². The number of pyridine rings is 1. The summed E-state index contributed by atoms with van der Waals surface area (Å²) in [6, 6.07) is 17.6. The Morgan fingerprint density at radius 3 is 2.17 bits per heavy atom. The van der Waals surface area contributed by atoms with E-state index in [0.717, 1.165) is 18.4 Å². The van der Waals surface area contributed by atoms with Crippen molar-refractivity contribution < 1.29 is 37.0 Å². The molecule has 2 heterocycles.